The molecule has 0 saturated carbocycles. The topological polar surface area (TPSA) is 103 Å². The zero-order chi connectivity index (χ0) is 28.4. The van der Waals surface area contributed by atoms with E-state index in [4.69, 9.17) is 9.47 Å². The van der Waals surface area contributed by atoms with Gasteiger partial charge in [-0.15, -0.1) is 0 Å². The third-order valence-electron chi connectivity index (χ3n) is 4.67. The monoisotopic (exact) mass is 578 g/mol. The van der Waals surface area contributed by atoms with Crippen molar-refractivity contribution in [1.82, 2.24) is 10.6 Å². The third-order valence-corrected chi connectivity index (χ3v) is 5.20. The first-order valence-corrected chi connectivity index (χ1v) is 12.7. The lowest BCUT2D eigenvalue weighted by Gasteiger charge is -2.22. The number of carbonyl (C=O) groups is 3. The van der Waals surface area contributed by atoms with Gasteiger partial charge in [-0.1, -0.05) is 40.2 Å². The fourth-order valence-electron chi connectivity index (χ4n) is 2.91. The fraction of sp³-hybridized carbons (Fsp3) is 0.464. The highest BCUT2D eigenvalue weighted by Gasteiger charge is 2.19. The molecule has 2 atom stereocenters. The lowest BCUT2D eigenvalue weighted by Crippen LogP contribution is -2.34. The molecule has 0 aliphatic rings. The van der Waals surface area contributed by atoms with E-state index in [1.807, 2.05) is 79.7 Å². The Kier molecular flexibility index (Phi) is 12.1. The fourth-order valence-corrected chi connectivity index (χ4v) is 3.18. The van der Waals surface area contributed by atoms with Crippen LogP contribution in [-0.4, -0.2) is 36.5 Å². The average Bonchev–Trinajstić information content (AvgIpc) is 2.76. The van der Waals surface area contributed by atoms with Gasteiger partial charge in [0.2, 0.25) is 0 Å². The van der Waals surface area contributed by atoms with Crippen LogP contribution in [0.5, 0.6) is 0 Å². The van der Waals surface area contributed by atoms with Gasteiger partial charge in [-0.2, -0.15) is 0 Å². The molecule has 37 heavy (non-hydrogen) atoms. The van der Waals surface area contributed by atoms with Crippen molar-refractivity contribution in [2.75, 3.05) is 7.11 Å². The summed E-state index contributed by atoms with van der Waals surface area (Å²) in [5.41, 5.74) is 1.39. The van der Waals surface area contributed by atoms with Gasteiger partial charge in [-0.05, 0) is 90.8 Å². The van der Waals surface area contributed by atoms with E-state index in [9.17, 15) is 14.4 Å². The van der Waals surface area contributed by atoms with E-state index in [0.717, 1.165) is 15.6 Å². The van der Waals surface area contributed by atoms with Gasteiger partial charge in [0.05, 0.1) is 24.8 Å². The summed E-state index contributed by atoms with van der Waals surface area (Å²) in [7, 11) is 1.34. The van der Waals surface area contributed by atoms with E-state index in [0.29, 0.717) is 5.56 Å². The van der Waals surface area contributed by atoms with Gasteiger partial charge in [0.25, 0.3) is 0 Å². The molecule has 0 heterocycles. The van der Waals surface area contributed by atoms with E-state index in [1.165, 1.54) is 7.11 Å². The number of carbonyl (C=O) groups excluding carboxylic acids is 3. The van der Waals surface area contributed by atoms with Crippen molar-refractivity contribution in [1.29, 1.82) is 0 Å². The Balaban J connectivity index is 0.000000375. The molecule has 2 rings (SSSR count). The van der Waals surface area contributed by atoms with Gasteiger partial charge >= 0.3 is 18.2 Å². The van der Waals surface area contributed by atoms with Crippen molar-refractivity contribution in [2.24, 2.45) is 0 Å². The number of halogens is 1. The van der Waals surface area contributed by atoms with Crippen LogP contribution in [-0.2, 0) is 14.2 Å². The van der Waals surface area contributed by atoms with E-state index in [2.05, 4.69) is 31.3 Å². The van der Waals surface area contributed by atoms with Crippen LogP contribution in [0.3, 0.4) is 0 Å². The quantitative estimate of drug-likeness (QED) is 0.290. The van der Waals surface area contributed by atoms with Crippen LogP contribution < -0.4 is 10.6 Å². The Labute approximate surface area is 228 Å². The predicted octanol–water partition coefficient (Wildman–Crippen LogP) is 7.09. The Morgan fingerprint density at radius 1 is 0.703 bits per heavy atom. The number of esters is 1. The van der Waals surface area contributed by atoms with E-state index in [1.54, 1.807) is 24.3 Å². The summed E-state index contributed by atoms with van der Waals surface area (Å²) in [6.45, 7) is 14.7. The first kappa shape index (κ1) is 32.0. The summed E-state index contributed by atoms with van der Waals surface area (Å²) in [6.07, 6.45) is -0.866. The van der Waals surface area contributed by atoms with Gasteiger partial charge < -0.3 is 24.8 Å². The molecule has 0 bridgehead atoms. The van der Waals surface area contributed by atoms with Crippen LogP contribution in [0.1, 0.15) is 89.0 Å². The smallest absolute Gasteiger partial charge is 0.408 e. The number of alkyl carbamates (subject to hydrolysis) is 2. The molecule has 0 aliphatic carbocycles. The zero-order valence-electron chi connectivity index (χ0n) is 23.1. The summed E-state index contributed by atoms with van der Waals surface area (Å²) in [4.78, 5) is 34.5. The Morgan fingerprint density at radius 3 is 1.38 bits per heavy atom. The molecule has 0 radical (unpaired) electrons. The largest absolute Gasteiger partial charge is 0.465 e. The zero-order valence-corrected chi connectivity index (χ0v) is 24.7. The molecule has 2 N–H and O–H groups in total. The summed E-state index contributed by atoms with van der Waals surface area (Å²) in [5.74, 6) is -0.385. The van der Waals surface area contributed by atoms with Gasteiger partial charge in [0, 0.05) is 4.47 Å². The molecule has 0 spiro atoms. The third kappa shape index (κ3) is 13.2. The van der Waals surface area contributed by atoms with Gasteiger partial charge in [0.1, 0.15) is 11.2 Å². The summed E-state index contributed by atoms with van der Waals surface area (Å²) < 4.78 is 16.0. The molecule has 8 nitrogen and oxygen atoms in total. The van der Waals surface area contributed by atoms with Gasteiger partial charge in [-0.3, -0.25) is 0 Å². The second-order valence-electron chi connectivity index (χ2n) is 10.4. The molecule has 2 amide bonds. The maximum atomic E-state index is 11.7. The molecule has 0 aromatic heterocycles. The molecular weight excluding hydrogens is 540 g/mol. The SMILES string of the molecule is COC(=O)c1ccc([C@H](C)NC(=O)OC(C)(C)C)cc1.C[C@H](NC(=O)OC(C)(C)C)c1ccc(Br)cc1. The van der Waals surface area contributed by atoms with Crippen LogP contribution in [0.25, 0.3) is 0 Å². The van der Waals surface area contributed by atoms with Gasteiger partial charge in [0.15, 0.2) is 0 Å². The average molecular weight is 580 g/mol. The minimum atomic E-state index is -0.529. The minimum absolute atomic E-state index is 0.0713. The number of ether oxygens (including phenoxy) is 3. The van der Waals surface area contributed by atoms with E-state index in [-0.39, 0.29) is 18.1 Å². The molecule has 9 heteroatoms. The maximum absolute atomic E-state index is 11.7. The number of nitrogens with one attached hydrogen (secondary N) is 2. The highest BCUT2D eigenvalue weighted by Crippen LogP contribution is 2.18. The lowest BCUT2D eigenvalue weighted by atomic mass is 10.1. The molecule has 0 saturated heterocycles. The molecule has 2 aromatic carbocycles. The maximum Gasteiger partial charge on any atom is 0.408 e. The van der Waals surface area contributed by atoms with Crippen LogP contribution in [0, 0.1) is 0 Å². The molecule has 2 aromatic rings. The summed E-state index contributed by atoms with van der Waals surface area (Å²) in [5, 5.41) is 5.53. The summed E-state index contributed by atoms with van der Waals surface area (Å²) in [6, 6.07) is 14.4. The highest BCUT2D eigenvalue weighted by atomic mass is 79.9. The van der Waals surface area contributed by atoms with E-state index >= 15 is 0 Å². The molecule has 0 aliphatic heterocycles. The normalized spacial score (nSPS) is 12.7. The van der Waals surface area contributed by atoms with Crippen molar-refractivity contribution in [3.05, 3.63) is 69.7 Å². The van der Waals surface area contributed by atoms with Gasteiger partial charge in [-0.25, -0.2) is 14.4 Å². The van der Waals surface area contributed by atoms with Crippen LogP contribution in [0.2, 0.25) is 0 Å². The second kappa shape index (κ2) is 14.0. The first-order valence-electron chi connectivity index (χ1n) is 11.9. The molecule has 0 unspecified atom stereocenters. The van der Waals surface area contributed by atoms with Crippen molar-refractivity contribution < 1.29 is 28.6 Å². The van der Waals surface area contributed by atoms with Crippen LogP contribution >= 0.6 is 15.9 Å². The lowest BCUT2D eigenvalue weighted by molar-refractivity contribution is 0.0496. The number of rotatable bonds is 5. The standard InChI is InChI=1S/C15H21NO4.C13H18BrNO2/c1-10(16-14(18)20-15(2,3)4)11-6-8-12(9-7-11)13(17)19-5;1-9(10-5-7-11(14)8-6-10)15-12(16)17-13(2,3)4/h6-10H,1-5H3,(H,16,18);5-9H,1-4H3,(H,15,16)/t10-;9-/m00/s1. The number of hydrogen-bond acceptors (Lipinski definition) is 6. The molecule has 204 valence electrons. The second-order valence-corrected chi connectivity index (χ2v) is 11.3. The van der Waals surface area contributed by atoms with E-state index < -0.39 is 23.4 Å². The number of amides is 2. The first-order chi connectivity index (χ1) is 17.0. The molecular formula is C28H39BrN2O6. The van der Waals surface area contributed by atoms with Crippen molar-refractivity contribution in [3.8, 4) is 0 Å². The van der Waals surface area contributed by atoms with Crippen LogP contribution in [0.4, 0.5) is 9.59 Å². The van der Waals surface area contributed by atoms with Crippen molar-refractivity contribution >= 4 is 34.1 Å². The van der Waals surface area contributed by atoms with Crippen molar-refractivity contribution in [2.45, 2.75) is 78.7 Å². The predicted molar refractivity (Wildman–Crippen MR) is 147 cm³/mol. The Bertz CT molecular complexity index is 1020. The number of benzene rings is 2. The minimum Gasteiger partial charge on any atom is -0.465 e. The Morgan fingerprint density at radius 2 is 1.05 bits per heavy atom. The Hall–Kier alpha value is -3.07. The number of methoxy groups -OCH3 is 1. The summed E-state index contributed by atoms with van der Waals surface area (Å²) >= 11 is 3.37. The van der Waals surface area contributed by atoms with Crippen molar-refractivity contribution in [3.63, 3.8) is 0 Å². The molecule has 0 fully saturated rings. The number of hydrogen-bond donors (Lipinski definition) is 2. The van der Waals surface area contributed by atoms with Crippen LogP contribution in [0.15, 0.2) is 53.0 Å². The highest BCUT2D eigenvalue weighted by molar-refractivity contribution is 9.10.